The van der Waals surface area contributed by atoms with E-state index < -0.39 is 5.41 Å². The van der Waals surface area contributed by atoms with Crippen molar-refractivity contribution in [3.05, 3.63) is 77.0 Å². The summed E-state index contributed by atoms with van der Waals surface area (Å²) in [6, 6.07) is 20.7. The van der Waals surface area contributed by atoms with E-state index in [1.807, 2.05) is 13.8 Å². The zero-order chi connectivity index (χ0) is 31.1. The molecule has 0 bridgehead atoms. The molecule has 0 atom stereocenters. The molecule has 3 nitrogen and oxygen atoms in total. The van der Waals surface area contributed by atoms with Crippen LogP contribution in [0, 0.1) is 34.5 Å². The van der Waals surface area contributed by atoms with Crippen LogP contribution in [0.15, 0.2) is 54.7 Å². The summed E-state index contributed by atoms with van der Waals surface area (Å²) in [5.74, 6) is 1.91. The van der Waals surface area contributed by atoms with Crippen LogP contribution in [-0.4, -0.2) is 0 Å². The molecule has 1 aliphatic rings. The van der Waals surface area contributed by atoms with Gasteiger partial charge >= 0.3 is 0 Å². The number of aryl methyl sites for hydroxylation is 2. The lowest BCUT2D eigenvalue weighted by Crippen LogP contribution is -2.32. The Labute approximate surface area is 257 Å². The molecule has 0 radical (unpaired) electrons. The van der Waals surface area contributed by atoms with Crippen molar-refractivity contribution in [2.75, 3.05) is 0 Å². The van der Waals surface area contributed by atoms with Gasteiger partial charge in [-0.15, -0.1) is 0 Å². The molecule has 6 rings (SSSR count). The topological polar surface area (TPSA) is 36.9 Å². The summed E-state index contributed by atoms with van der Waals surface area (Å²) in [5, 5.41) is 17.0. The Morgan fingerprint density at radius 1 is 0.744 bits per heavy atom. The Bertz CT molecular complexity index is 1990. The Morgan fingerprint density at radius 2 is 1.40 bits per heavy atom. The van der Waals surface area contributed by atoms with E-state index in [-0.39, 0.29) is 10.8 Å². The van der Waals surface area contributed by atoms with Gasteiger partial charge in [0.05, 0.1) is 22.4 Å². The van der Waals surface area contributed by atoms with E-state index in [0.29, 0.717) is 6.42 Å². The summed E-state index contributed by atoms with van der Waals surface area (Å²) in [7, 11) is 2.16. The quantitative estimate of drug-likeness (QED) is 0.156. The van der Waals surface area contributed by atoms with E-state index in [0.717, 1.165) is 29.7 Å². The molecule has 0 saturated heterocycles. The molecular weight excluding hydrogens is 524 g/mol. The van der Waals surface area contributed by atoms with Gasteiger partial charge in [-0.3, -0.25) is 0 Å². The molecular formula is C40H45N2O+. The maximum atomic E-state index is 9.65. The van der Waals surface area contributed by atoms with Crippen molar-refractivity contribution in [1.82, 2.24) is 0 Å². The Balaban J connectivity index is 1.67. The second kappa shape index (κ2) is 9.81. The van der Waals surface area contributed by atoms with Gasteiger partial charge in [0.2, 0.25) is 5.69 Å². The molecule has 0 aliphatic carbocycles. The fraction of sp³-hybridized carbons (Fsp3) is 0.400. The molecule has 0 unspecified atom stereocenters. The SMILES string of the molecule is Cc1c2c(c(CC(C)(C)C)c3ccc(CC(C)(C)C)cc13)Oc1cc3cc(CC(C)(C)C#N)ccc3c3cc[n+](C)c-2c13. The first-order valence-corrected chi connectivity index (χ1v) is 15.6. The minimum Gasteiger partial charge on any atom is -0.455 e. The number of aromatic nitrogens is 1. The van der Waals surface area contributed by atoms with Crippen molar-refractivity contribution < 1.29 is 9.30 Å². The predicted molar refractivity (Wildman–Crippen MR) is 180 cm³/mol. The average molecular weight is 570 g/mol. The van der Waals surface area contributed by atoms with Gasteiger partial charge in [0, 0.05) is 17.0 Å². The first kappa shape index (κ1) is 29.2. The zero-order valence-electron chi connectivity index (χ0n) is 27.6. The van der Waals surface area contributed by atoms with Crippen LogP contribution in [0.5, 0.6) is 11.5 Å². The molecule has 43 heavy (non-hydrogen) atoms. The minimum atomic E-state index is -0.414. The third-order valence-corrected chi connectivity index (χ3v) is 8.79. The summed E-state index contributed by atoms with van der Waals surface area (Å²) in [5.41, 5.74) is 7.45. The molecule has 2 heterocycles. The second-order valence-corrected chi connectivity index (χ2v) is 15.9. The number of ether oxygens (including phenoxy) is 1. The van der Waals surface area contributed by atoms with Crippen molar-refractivity contribution in [2.45, 2.75) is 81.6 Å². The van der Waals surface area contributed by atoms with Gasteiger partial charge in [-0.25, -0.2) is 4.57 Å². The van der Waals surface area contributed by atoms with Crippen LogP contribution in [0.25, 0.3) is 43.6 Å². The van der Waals surface area contributed by atoms with Crippen molar-refractivity contribution in [3.63, 3.8) is 0 Å². The van der Waals surface area contributed by atoms with Crippen LogP contribution < -0.4 is 9.30 Å². The van der Waals surface area contributed by atoms with Crippen LogP contribution in [-0.2, 0) is 26.3 Å². The standard InChI is InChI=1S/C40H45N2O/c1-24-31-18-26(20-38(2,3)4)12-14-29(31)32(22-39(5,6)7)37-34(24)36-35-30(15-16-42(36)10)28-13-11-25(21-40(8,9)23-41)17-27(28)19-33(35)43-37/h11-19H,20-22H2,1-10H3/q+1. The second-order valence-electron chi connectivity index (χ2n) is 15.9. The fourth-order valence-electron chi connectivity index (χ4n) is 7.03. The van der Waals surface area contributed by atoms with Crippen molar-refractivity contribution in [2.24, 2.45) is 23.3 Å². The molecule has 1 aromatic heterocycles. The summed E-state index contributed by atoms with van der Waals surface area (Å²) < 4.78 is 9.36. The van der Waals surface area contributed by atoms with Gasteiger partial charge in [0.15, 0.2) is 6.20 Å². The van der Waals surface area contributed by atoms with Crippen LogP contribution >= 0.6 is 0 Å². The van der Waals surface area contributed by atoms with Gasteiger partial charge in [-0.05, 0) is 95.2 Å². The highest BCUT2D eigenvalue weighted by Crippen LogP contribution is 2.53. The lowest BCUT2D eigenvalue weighted by atomic mass is 9.80. The van der Waals surface area contributed by atoms with Crippen LogP contribution in [0.4, 0.5) is 0 Å². The maximum absolute atomic E-state index is 9.65. The first-order chi connectivity index (χ1) is 20.0. The van der Waals surface area contributed by atoms with Crippen LogP contribution in [0.1, 0.15) is 77.6 Å². The van der Waals surface area contributed by atoms with Gasteiger partial charge < -0.3 is 4.74 Å². The van der Waals surface area contributed by atoms with E-state index in [9.17, 15) is 5.26 Å². The molecule has 0 saturated carbocycles. The highest BCUT2D eigenvalue weighted by molar-refractivity contribution is 6.16. The number of pyridine rings is 1. The van der Waals surface area contributed by atoms with Crippen molar-refractivity contribution in [1.29, 1.82) is 5.26 Å². The normalized spacial score (nSPS) is 13.3. The highest BCUT2D eigenvalue weighted by atomic mass is 16.5. The van der Waals surface area contributed by atoms with Gasteiger partial charge in [0.25, 0.3) is 0 Å². The third kappa shape index (κ3) is 5.27. The Hall–Kier alpha value is -3.90. The molecule has 220 valence electrons. The number of nitriles is 1. The van der Waals surface area contributed by atoms with Crippen LogP contribution in [0.3, 0.4) is 0 Å². The number of fused-ring (bicyclic) bond motifs is 5. The molecule has 5 aromatic rings. The van der Waals surface area contributed by atoms with E-state index in [2.05, 4.69) is 121 Å². The molecule has 0 fully saturated rings. The van der Waals surface area contributed by atoms with Gasteiger partial charge in [-0.2, -0.15) is 5.26 Å². The van der Waals surface area contributed by atoms with E-state index >= 15 is 0 Å². The maximum Gasteiger partial charge on any atom is 0.228 e. The molecule has 1 aliphatic heterocycles. The molecule has 0 N–H and O–H groups in total. The Morgan fingerprint density at radius 3 is 2.05 bits per heavy atom. The lowest BCUT2D eigenvalue weighted by Gasteiger charge is -2.29. The van der Waals surface area contributed by atoms with Gasteiger partial charge in [-0.1, -0.05) is 77.9 Å². The summed E-state index contributed by atoms with van der Waals surface area (Å²) >= 11 is 0. The van der Waals surface area contributed by atoms with E-state index in [4.69, 9.17) is 4.74 Å². The highest BCUT2D eigenvalue weighted by Gasteiger charge is 2.34. The first-order valence-electron chi connectivity index (χ1n) is 15.6. The van der Waals surface area contributed by atoms with E-state index in [1.54, 1.807) is 0 Å². The molecule has 4 aromatic carbocycles. The third-order valence-electron chi connectivity index (χ3n) is 8.79. The zero-order valence-corrected chi connectivity index (χ0v) is 27.6. The van der Waals surface area contributed by atoms with Crippen molar-refractivity contribution in [3.8, 4) is 28.8 Å². The number of rotatable bonds is 4. The predicted octanol–water partition coefficient (Wildman–Crippen LogP) is 10.3. The minimum absolute atomic E-state index is 0.0870. The lowest BCUT2D eigenvalue weighted by molar-refractivity contribution is -0.659. The average Bonchev–Trinajstić information content (AvgIpc) is 2.90. The Kier molecular flexibility index (Phi) is 6.66. The summed E-state index contributed by atoms with van der Waals surface area (Å²) in [6.07, 6.45) is 4.87. The van der Waals surface area contributed by atoms with Crippen molar-refractivity contribution >= 4 is 32.3 Å². The number of hydrogen-bond donors (Lipinski definition) is 0. The number of hydrogen-bond acceptors (Lipinski definition) is 2. The van der Waals surface area contributed by atoms with Gasteiger partial charge in [0.1, 0.15) is 18.5 Å². The monoisotopic (exact) mass is 569 g/mol. The molecule has 0 spiro atoms. The molecule has 0 amide bonds. The molecule has 3 heteroatoms. The summed E-state index contributed by atoms with van der Waals surface area (Å²) in [4.78, 5) is 0. The van der Waals surface area contributed by atoms with Crippen LogP contribution in [0.2, 0.25) is 0 Å². The number of nitrogens with zero attached hydrogens (tertiary/aromatic N) is 2. The smallest absolute Gasteiger partial charge is 0.228 e. The number of benzene rings is 4. The fourth-order valence-corrected chi connectivity index (χ4v) is 7.03. The largest absolute Gasteiger partial charge is 0.455 e. The summed E-state index contributed by atoms with van der Waals surface area (Å²) in [6.45, 7) is 20.2. The van der Waals surface area contributed by atoms with E-state index in [1.165, 1.54) is 60.4 Å².